The van der Waals surface area contributed by atoms with Gasteiger partial charge in [0.25, 0.3) is 0 Å². The largest absolute Gasteiger partial charge is 0 e. The van der Waals surface area contributed by atoms with Crippen molar-refractivity contribution in [1.29, 1.82) is 0 Å². The molecule has 0 aliphatic carbocycles. The molecule has 4 heavy (non-hydrogen) atoms. The Labute approximate surface area is 81.4 Å². The van der Waals surface area contributed by atoms with Gasteiger partial charge >= 0.3 is 0 Å². The van der Waals surface area contributed by atoms with E-state index in [1.165, 1.54) is 0 Å². The molecule has 0 amide bonds. The second-order valence-corrected chi connectivity index (χ2v) is 0. The quantitative estimate of drug-likeness (QED) is 0.319. The molecule has 0 atom stereocenters. The van der Waals surface area contributed by atoms with E-state index < -0.39 is 0 Å². The molecule has 32 valence electrons. The van der Waals surface area contributed by atoms with Crippen LogP contribution < -0.4 is 0 Å². The SMILES string of the molecule is [Ir].[Mo].[Pt].[Re]. The van der Waals surface area contributed by atoms with Crippen molar-refractivity contribution >= 4 is 0 Å². The third kappa shape index (κ3) is 8.82. The molecule has 0 saturated carbocycles. The molecule has 0 N–H and O–H groups in total. The predicted molar refractivity (Wildman–Crippen MR) is 0 cm³/mol. The summed E-state index contributed by atoms with van der Waals surface area (Å²) < 4.78 is 0. The first-order chi connectivity index (χ1) is 0. The molecule has 0 fully saturated rings. The maximum atomic E-state index is 0. The fourth-order valence-electron chi connectivity index (χ4n) is 0. The topological polar surface area (TPSA) is 0 Å². The van der Waals surface area contributed by atoms with E-state index in [0.29, 0.717) is 0 Å². The van der Waals surface area contributed by atoms with Crippen LogP contribution in [0.2, 0.25) is 0 Å². The first-order valence-corrected chi connectivity index (χ1v) is 0. The summed E-state index contributed by atoms with van der Waals surface area (Å²) in [5, 5.41) is 0. The van der Waals surface area contributed by atoms with Crippen LogP contribution in [0.15, 0.2) is 0 Å². The Bertz CT molecular complexity index is 8.00. The summed E-state index contributed by atoms with van der Waals surface area (Å²) in [7, 11) is 0. The second kappa shape index (κ2) is 17.3. The summed E-state index contributed by atoms with van der Waals surface area (Å²) in [4.78, 5) is 0. The van der Waals surface area contributed by atoms with Gasteiger partial charge < -0.3 is 0 Å². The van der Waals surface area contributed by atoms with Crippen LogP contribution in [0.25, 0.3) is 0 Å². The second-order valence-electron chi connectivity index (χ2n) is 0. The molecular formula is IrMoPtRe. The molecule has 4 heteroatoms. The zero-order valence-electron chi connectivity index (χ0n) is 1.44. The Balaban J connectivity index is 0. The Morgan fingerprint density at radius 2 is 1.00 bits per heavy atom. The zero-order chi connectivity index (χ0) is 0. The molecule has 0 rings (SSSR count). The summed E-state index contributed by atoms with van der Waals surface area (Å²) in [6.45, 7) is 0. The van der Waals surface area contributed by atoms with Gasteiger partial charge in [-0.05, 0) is 0 Å². The predicted octanol–water partition coefficient (Wildman–Crippen LogP) is -0.0100. The summed E-state index contributed by atoms with van der Waals surface area (Å²) in [6.07, 6.45) is 0. The van der Waals surface area contributed by atoms with Gasteiger partial charge in [0.15, 0.2) is 0 Å². The molecule has 0 spiro atoms. The van der Waals surface area contributed by atoms with Crippen LogP contribution in [-0.2, 0) is 82.7 Å². The molecule has 0 aliphatic heterocycles. The van der Waals surface area contributed by atoms with Gasteiger partial charge in [0, 0.05) is 82.7 Å². The number of hydrogen-bond acceptors (Lipinski definition) is 0. The van der Waals surface area contributed by atoms with Gasteiger partial charge in [-0.1, -0.05) is 0 Å². The minimum absolute atomic E-state index is 0. The number of hydrogen-bond donors (Lipinski definition) is 0. The minimum Gasteiger partial charge on any atom is 0 e. The van der Waals surface area contributed by atoms with Crippen molar-refractivity contribution in [3.05, 3.63) is 0 Å². The Morgan fingerprint density at radius 1 is 1.00 bits per heavy atom. The fourth-order valence-corrected chi connectivity index (χ4v) is 0. The molecule has 0 unspecified atom stereocenters. The average Bonchev–Trinajstić information content (AvgIpc) is 0. The van der Waals surface area contributed by atoms with E-state index in [-0.39, 0.29) is 82.7 Å². The van der Waals surface area contributed by atoms with Crippen molar-refractivity contribution in [2.75, 3.05) is 0 Å². The zero-order valence-corrected chi connectivity index (χ0v) is 10.8. The van der Waals surface area contributed by atoms with E-state index in [2.05, 4.69) is 0 Å². The third-order valence-corrected chi connectivity index (χ3v) is 0. The normalized spacial score (nSPS) is 0. The monoisotopic (exact) mass is 673 g/mol. The maximum Gasteiger partial charge on any atom is 0 e. The molecule has 0 aromatic rings. The van der Waals surface area contributed by atoms with E-state index in [4.69, 9.17) is 0 Å². The van der Waals surface area contributed by atoms with Crippen LogP contribution in [0.3, 0.4) is 0 Å². The van der Waals surface area contributed by atoms with Crippen molar-refractivity contribution < 1.29 is 82.7 Å². The Hall–Kier alpha value is 2.69. The molecule has 0 saturated heterocycles. The maximum absolute atomic E-state index is 0. The Morgan fingerprint density at radius 3 is 1.00 bits per heavy atom. The van der Waals surface area contributed by atoms with Gasteiger partial charge in [-0.25, -0.2) is 0 Å². The Kier molecular flexibility index (Phi) is 130. The third-order valence-electron chi connectivity index (χ3n) is 0. The van der Waals surface area contributed by atoms with E-state index >= 15 is 0 Å². The summed E-state index contributed by atoms with van der Waals surface area (Å²) >= 11 is 0. The first kappa shape index (κ1) is 29.9. The van der Waals surface area contributed by atoms with E-state index in [9.17, 15) is 0 Å². The van der Waals surface area contributed by atoms with Gasteiger partial charge in [0.1, 0.15) is 0 Å². The molecule has 0 aromatic carbocycles. The van der Waals surface area contributed by atoms with Crippen LogP contribution in [0, 0.1) is 0 Å². The molecule has 0 heterocycles. The standard InChI is InChI=1S/Ir.Mo.Pt.Re. The first-order valence-electron chi connectivity index (χ1n) is 0. The van der Waals surface area contributed by atoms with E-state index in [1.54, 1.807) is 0 Å². The van der Waals surface area contributed by atoms with E-state index in [0.717, 1.165) is 0 Å². The summed E-state index contributed by atoms with van der Waals surface area (Å²) in [5.41, 5.74) is 0. The minimum atomic E-state index is 0. The molecule has 0 nitrogen and oxygen atoms in total. The van der Waals surface area contributed by atoms with Crippen molar-refractivity contribution in [2.24, 2.45) is 0 Å². The van der Waals surface area contributed by atoms with Gasteiger partial charge in [0.05, 0.1) is 0 Å². The molecule has 0 aromatic heterocycles. The van der Waals surface area contributed by atoms with Crippen LogP contribution in [0.5, 0.6) is 0 Å². The van der Waals surface area contributed by atoms with E-state index in [1.807, 2.05) is 0 Å². The van der Waals surface area contributed by atoms with Crippen LogP contribution >= 0.6 is 0 Å². The number of rotatable bonds is 0. The molecular weight excluding hydrogens is 669 g/mol. The van der Waals surface area contributed by atoms with Gasteiger partial charge in [-0.3, -0.25) is 0 Å². The van der Waals surface area contributed by atoms with Crippen molar-refractivity contribution in [1.82, 2.24) is 0 Å². The van der Waals surface area contributed by atoms with Crippen LogP contribution in [-0.4, -0.2) is 0 Å². The van der Waals surface area contributed by atoms with Gasteiger partial charge in [-0.15, -0.1) is 0 Å². The smallest absolute Gasteiger partial charge is 0 e. The molecule has 0 bridgehead atoms. The van der Waals surface area contributed by atoms with Crippen molar-refractivity contribution in [3.63, 3.8) is 0 Å². The summed E-state index contributed by atoms with van der Waals surface area (Å²) in [6, 6.07) is 0. The fraction of sp³-hybridized carbons (Fsp3) is 0. The van der Waals surface area contributed by atoms with Crippen LogP contribution in [0.4, 0.5) is 0 Å². The molecule has 0 aliphatic rings. The van der Waals surface area contributed by atoms with Crippen molar-refractivity contribution in [2.45, 2.75) is 0 Å². The average molecular weight is 669 g/mol. The van der Waals surface area contributed by atoms with Crippen LogP contribution in [0.1, 0.15) is 0 Å². The van der Waals surface area contributed by atoms with Gasteiger partial charge in [-0.2, -0.15) is 0 Å². The van der Waals surface area contributed by atoms with Crippen molar-refractivity contribution in [3.8, 4) is 0 Å². The summed E-state index contributed by atoms with van der Waals surface area (Å²) in [5.74, 6) is 0. The molecule has 2 radical (unpaired) electrons. The van der Waals surface area contributed by atoms with Gasteiger partial charge in [0.2, 0.25) is 0 Å².